The molecule has 0 amide bonds. The average molecular weight is 786 g/mol. The molecule has 0 aliphatic carbocycles. The van der Waals surface area contributed by atoms with Crippen molar-refractivity contribution in [1.29, 1.82) is 0 Å². The summed E-state index contributed by atoms with van der Waals surface area (Å²) in [6.07, 6.45) is 0. The van der Waals surface area contributed by atoms with Gasteiger partial charge in [0, 0.05) is 50.7 Å². The monoisotopic (exact) mass is 784 g/mol. The Kier molecular flexibility index (Phi) is 13.6. The van der Waals surface area contributed by atoms with Crippen molar-refractivity contribution in [3.63, 3.8) is 0 Å². The van der Waals surface area contributed by atoms with Gasteiger partial charge in [-0.05, 0) is 108 Å². The van der Waals surface area contributed by atoms with Crippen LogP contribution in [0, 0.1) is 0 Å². The number of pyridine rings is 2. The number of benzene rings is 6. The Bertz CT molecular complexity index is 2460. The van der Waals surface area contributed by atoms with Crippen LogP contribution < -0.4 is 20.5 Å². The second-order valence-electron chi connectivity index (χ2n) is 12.3. The van der Waals surface area contributed by atoms with Crippen molar-refractivity contribution in [2.75, 3.05) is 19.5 Å². The van der Waals surface area contributed by atoms with Crippen LogP contribution in [0.2, 0.25) is 15.1 Å². The van der Waals surface area contributed by atoms with Gasteiger partial charge in [-0.25, -0.2) is 9.97 Å². The van der Waals surface area contributed by atoms with E-state index < -0.39 is 0 Å². The first-order chi connectivity index (χ1) is 26.8. The van der Waals surface area contributed by atoms with E-state index in [2.05, 4.69) is 22.4 Å². The fraction of sp³-hybridized carbons (Fsp3) is 0.0870. The van der Waals surface area contributed by atoms with Gasteiger partial charge >= 0.3 is 0 Å². The van der Waals surface area contributed by atoms with Crippen LogP contribution in [0.5, 0.6) is 11.5 Å². The summed E-state index contributed by atoms with van der Waals surface area (Å²) >= 11 is 17.9. The molecule has 0 aliphatic rings. The van der Waals surface area contributed by atoms with E-state index in [1.165, 1.54) is 5.56 Å². The number of rotatable bonds is 8. The van der Waals surface area contributed by atoms with Crippen molar-refractivity contribution >= 4 is 62.3 Å². The lowest BCUT2D eigenvalue weighted by atomic mass is 10.1. The molecule has 55 heavy (non-hydrogen) atoms. The Morgan fingerprint density at radius 3 is 1.49 bits per heavy atom. The lowest BCUT2D eigenvalue weighted by Gasteiger charge is -2.13. The number of methoxy groups -OCH3 is 2. The minimum absolute atomic E-state index is 0.581. The minimum Gasteiger partial charge on any atom is -0.497 e. The first-order valence-corrected chi connectivity index (χ1v) is 18.6. The Labute approximate surface area is 336 Å². The number of ether oxygens (including phenoxy) is 2. The van der Waals surface area contributed by atoms with E-state index in [1.807, 2.05) is 146 Å². The van der Waals surface area contributed by atoms with Crippen LogP contribution in [-0.4, -0.2) is 24.2 Å². The largest absolute Gasteiger partial charge is 0.497 e. The summed E-state index contributed by atoms with van der Waals surface area (Å²) in [5.41, 5.74) is 14.4. The molecular formula is C46H39Cl3N4O2. The number of hydrogen-bond donors (Lipinski definition) is 2. The third kappa shape index (κ3) is 10.5. The van der Waals surface area contributed by atoms with E-state index in [4.69, 9.17) is 55.0 Å². The van der Waals surface area contributed by atoms with E-state index in [0.29, 0.717) is 13.1 Å². The van der Waals surface area contributed by atoms with E-state index >= 15 is 0 Å². The predicted molar refractivity (Wildman–Crippen MR) is 231 cm³/mol. The number of fused-ring (bicyclic) bond motifs is 2. The lowest BCUT2D eigenvalue weighted by Crippen LogP contribution is -2.01. The average Bonchev–Trinajstić information content (AvgIpc) is 3.24. The summed E-state index contributed by atoms with van der Waals surface area (Å²) in [7, 11) is 3.32. The van der Waals surface area contributed by atoms with Crippen molar-refractivity contribution in [1.82, 2.24) is 9.97 Å². The van der Waals surface area contributed by atoms with Gasteiger partial charge in [0.25, 0.3) is 0 Å². The summed E-state index contributed by atoms with van der Waals surface area (Å²) in [4.78, 5) is 9.47. The second-order valence-corrected chi connectivity index (χ2v) is 13.6. The van der Waals surface area contributed by atoms with Crippen molar-refractivity contribution in [2.45, 2.75) is 13.1 Å². The lowest BCUT2D eigenvalue weighted by molar-refractivity contribution is 0.415. The highest BCUT2D eigenvalue weighted by Gasteiger charge is 2.09. The van der Waals surface area contributed by atoms with Crippen LogP contribution in [0.3, 0.4) is 0 Å². The molecule has 9 heteroatoms. The third-order valence-corrected chi connectivity index (χ3v) is 9.52. The quantitative estimate of drug-likeness (QED) is 0.160. The molecule has 0 bridgehead atoms. The molecule has 3 N–H and O–H groups in total. The molecule has 6 nitrogen and oxygen atoms in total. The number of para-hydroxylation sites is 2. The molecule has 6 aromatic carbocycles. The number of anilines is 1. The molecule has 0 aliphatic heterocycles. The number of nitrogens with one attached hydrogen (secondary N) is 1. The summed E-state index contributed by atoms with van der Waals surface area (Å²) in [5.74, 6) is 1.66. The summed E-state index contributed by atoms with van der Waals surface area (Å²) < 4.78 is 10.4. The van der Waals surface area contributed by atoms with Crippen molar-refractivity contribution < 1.29 is 9.47 Å². The normalized spacial score (nSPS) is 10.5. The second kappa shape index (κ2) is 19.1. The van der Waals surface area contributed by atoms with Crippen molar-refractivity contribution in [3.8, 4) is 34.0 Å². The zero-order chi connectivity index (χ0) is 38.6. The molecule has 0 unspecified atom stereocenters. The van der Waals surface area contributed by atoms with E-state index in [-0.39, 0.29) is 0 Å². The van der Waals surface area contributed by atoms with Gasteiger partial charge in [-0.2, -0.15) is 0 Å². The molecule has 0 atom stereocenters. The van der Waals surface area contributed by atoms with Gasteiger partial charge in [-0.3, -0.25) is 0 Å². The molecule has 0 saturated heterocycles. The Hall–Kier alpha value is -5.63. The van der Waals surface area contributed by atoms with Crippen molar-refractivity contribution in [3.05, 3.63) is 184 Å². The summed E-state index contributed by atoms with van der Waals surface area (Å²) in [6.45, 7) is 1.30. The molecule has 2 heterocycles. The maximum Gasteiger partial charge on any atom is 0.118 e. The molecule has 0 saturated carbocycles. The molecule has 0 spiro atoms. The van der Waals surface area contributed by atoms with E-state index in [9.17, 15) is 0 Å². The topological polar surface area (TPSA) is 82.3 Å². The maximum atomic E-state index is 6.31. The first-order valence-electron chi connectivity index (χ1n) is 17.5. The zero-order valence-corrected chi connectivity index (χ0v) is 32.6. The van der Waals surface area contributed by atoms with Crippen LogP contribution >= 0.6 is 34.8 Å². The van der Waals surface area contributed by atoms with Crippen LogP contribution in [0.25, 0.3) is 44.3 Å². The smallest absolute Gasteiger partial charge is 0.118 e. The maximum absolute atomic E-state index is 6.31. The van der Waals surface area contributed by atoms with E-state index in [1.54, 1.807) is 14.2 Å². The van der Waals surface area contributed by atoms with E-state index in [0.717, 1.165) is 82.1 Å². The molecule has 276 valence electrons. The molecule has 2 aromatic heterocycles. The Morgan fingerprint density at radius 1 is 0.527 bits per heavy atom. The molecule has 0 radical (unpaired) electrons. The van der Waals surface area contributed by atoms with Gasteiger partial charge in [-0.1, -0.05) is 95.5 Å². The van der Waals surface area contributed by atoms with Crippen LogP contribution in [0.15, 0.2) is 158 Å². The van der Waals surface area contributed by atoms with Gasteiger partial charge in [0.2, 0.25) is 0 Å². The number of aromatic nitrogens is 2. The minimum atomic E-state index is 0.581. The molecule has 0 fully saturated rings. The van der Waals surface area contributed by atoms with Gasteiger partial charge in [0.15, 0.2) is 0 Å². The zero-order valence-electron chi connectivity index (χ0n) is 30.3. The van der Waals surface area contributed by atoms with Crippen LogP contribution in [0.1, 0.15) is 11.1 Å². The molecule has 8 aromatic rings. The summed E-state index contributed by atoms with van der Waals surface area (Å²) in [5, 5.41) is 7.84. The van der Waals surface area contributed by atoms with Gasteiger partial charge < -0.3 is 20.5 Å². The van der Waals surface area contributed by atoms with Gasteiger partial charge in [0.05, 0.1) is 41.7 Å². The Morgan fingerprint density at radius 2 is 0.982 bits per heavy atom. The highest BCUT2D eigenvalue weighted by atomic mass is 35.5. The predicted octanol–water partition coefficient (Wildman–Crippen LogP) is 12.5. The highest BCUT2D eigenvalue weighted by molar-refractivity contribution is 6.35. The van der Waals surface area contributed by atoms with Crippen LogP contribution in [0.4, 0.5) is 5.69 Å². The fourth-order valence-electron chi connectivity index (χ4n) is 5.69. The standard InChI is InChI=1S/C23H19ClN2O.C16H12ClNO.C7H8ClN/c1-27-19-12-8-17(9-13-19)22-14-23(20-4-2-3-5-21(20)26-22)25-15-16-6-10-18(24)11-7-16;1-19-12-8-6-11(7-9-12)16-10-14(17)13-4-2-3-5-15(13)18-16;8-7-3-1-6(5-9)2-4-7/h2-14H,15H2,1H3,(H,25,26);2-10H,1H3;1-4H,5,9H2. The third-order valence-electron chi connectivity index (χ3n) is 8.70. The van der Waals surface area contributed by atoms with Gasteiger partial charge in [0.1, 0.15) is 11.5 Å². The molecular weight excluding hydrogens is 747 g/mol. The highest BCUT2D eigenvalue weighted by Crippen LogP contribution is 2.31. The number of nitrogens with two attached hydrogens (primary N) is 1. The van der Waals surface area contributed by atoms with Gasteiger partial charge in [-0.15, -0.1) is 0 Å². The van der Waals surface area contributed by atoms with Crippen molar-refractivity contribution in [2.24, 2.45) is 5.73 Å². The summed E-state index contributed by atoms with van der Waals surface area (Å²) in [6, 6.07) is 51.2. The SMILES string of the molecule is COc1ccc(-c2cc(Cl)c3ccccc3n2)cc1.COc1ccc(-c2cc(NCc3ccc(Cl)cc3)c3ccccc3n2)cc1.NCc1ccc(Cl)cc1. The first kappa shape index (κ1) is 39.1. The van der Waals surface area contributed by atoms with Crippen LogP contribution in [-0.2, 0) is 13.1 Å². The fourth-order valence-corrected chi connectivity index (χ4v) is 6.21. The Balaban J connectivity index is 0.000000159. The number of nitrogens with zero attached hydrogens (tertiary/aromatic N) is 2. The number of halogens is 3. The molecule has 8 rings (SSSR count). The number of hydrogen-bond acceptors (Lipinski definition) is 6.